The van der Waals surface area contributed by atoms with Crippen LogP contribution in [0.5, 0.6) is 0 Å². The van der Waals surface area contributed by atoms with Crippen molar-refractivity contribution >= 4 is 51.7 Å². The van der Waals surface area contributed by atoms with E-state index in [2.05, 4.69) is 0 Å². The predicted octanol–water partition coefficient (Wildman–Crippen LogP) is 3.87. The number of nitro benzene ring substituents is 1. The molecule has 1 heterocycles. The van der Waals surface area contributed by atoms with E-state index in [1.165, 1.54) is 17.0 Å². The molecule has 0 aromatic heterocycles. The zero-order chi connectivity index (χ0) is 18.0. The molecule has 0 N–H and O–H groups in total. The van der Waals surface area contributed by atoms with Crippen LogP contribution in [0.1, 0.15) is 11.1 Å². The van der Waals surface area contributed by atoms with Gasteiger partial charge in [0.1, 0.15) is 6.07 Å². The third-order valence-corrected chi connectivity index (χ3v) is 4.78. The molecule has 0 spiro atoms. The molecule has 1 fully saturated rings. The summed E-state index contributed by atoms with van der Waals surface area (Å²) < 4.78 is 0.275. The highest BCUT2D eigenvalue weighted by atomic mass is 32.2. The van der Waals surface area contributed by atoms with Crippen LogP contribution in [0.4, 0.5) is 11.4 Å². The number of thioether (sulfide) groups is 1. The molecule has 1 aliphatic rings. The van der Waals surface area contributed by atoms with Gasteiger partial charge in [-0.15, -0.1) is 0 Å². The number of nitriles is 1. The summed E-state index contributed by atoms with van der Waals surface area (Å²) in [4.78, 5) is 24.9. The molecule has 1 amide bonds. The Morgan fingerprint density at radius 2 is 1.88 bits per heavy atom. The number of rotatable bonds is 3. The zero-order valence-corrected chi connectivity index (χ0v) is 14.2. The molecule has 0 aliphatic carbocycles. The quantitative estimate of drug-likeness (QED) is 0.354. The number of benzene rings is 2. The summed E-state index contributed by atoms with van der Waals surface area (Å²) in [5.74, 6) is -0.407. The van der Waals surface area contributed by atoms with Crippen LogP contribution in [0.15, 0.2) is 53.4 Å². The van der Waals surface area contributed by atoms with Gasteiger partial charge in [0, 0.05) is 6.07 Å². The van der Waals surface area contributed by atoms with Crippen molar-refractivity contribution < 1.29 is 9.72 Å². The minimum absolute atomic E-state index is 0.0924. The molecule has 122 valence electrons. The molecule has 3 rings (SSSR count). The Balaban J connectivity index is 2.03. The van der Waals surface area contributed by atoms with Gasteiger partial charge in [0.15, 0.2) is 4.32 Å². The fourth-order valence-corrected chi connectivity index (χ4v) is 3.63. The first-order valence-electron chi connectivity index (χ1n) is 7.03. The van der Waals surface area contributed by atoms with Crippen molar-refractivity contribution in [1.29, 1.82) is 5.26 Å². The van der Waals surface area contributed by atoms with Crippen molar-refractivity contribution in [2.24, 2.45) is 0 Å². The number of thiocarbonyl (C=S) groups is 1. The molecule has 1 saturated heterocycles. The van der Waals surface area contributed by atoms with Crippen molar-refractivity contribution in [2.75, 3.05) is 4.90 Å². The van der Waals surface area contributed by atoms with Crippen LogP contribution < -0.4 is 4.90 Å². The number of nitrogens with zero attached hydrogens (tertiary/aromatic N) is 3. The third-order valence-electron chi connectivity index (χ3n) is 3.48. The average molecular weight is 367 g/mol. The van der Waals surface area contributed by atoms with Crippen LogP contribution in [-0.2, 0) is 4.79 Å². The SMILES string of the molecule is N#Cc1ccccc1N1C(=O)/C(=C/c2ccccc2[N+](=O)[O-])SC1=S. The van der Waals surface area contributed by atoms with E-state index in [0.717, 1.165) is 11.8 Å². The lowest BCUT2D eigenvalue weighted by molar-refractivity contribution is -0.385. The first-order valence-corrected chi connectivity index (χ1v) is 8.26. The summed E-state index contributed by atoms with van der Waals surface area (Å²) in [7, 11) is 0. The third kappa shape index (κ3) is 3.15. The maximum absolute atomic E-state index is 12.7. The summed E-state index contributed by atoms with van der Waals surface area (Å²) in [6.07, 6.45) is 1.45. The minimum atomic E-state index is -0.502. The van der Waals surface area contributed by atoms with E-state index in [9.17, 15) is 20.2 Å². The standard InChI is InChI=1S/C17H9N3O3S2/c18-10-12-6-2-3-7-13(12)19-16(21)15(25-17(19)24)9-11-5-1-4-8-14(11)20(22)23/h1-9H/b15-9-. The predicted molar refractivity (Wildman–Crippen MR) is 99.9 cm³/mol. The van der Waals surface area contributed by atoms with Crippen LogP contribution in [0.3, 0.4) is 0 Å². The molecule has 2 aromatic carbocycles. The highest BCUT2D eigenvalue weighted by Crippen LogP contribution is 2.38. The minimum Gasteiger partial charge on any atom is -0.268 e. The van der Waals surface area contributed by atoms with Crippen LogP contribution in [0.25, 0.3) is 6.08 Å². The number of carbonyl (C=O) groups is 1. The number of para-hydroxylation sites is 2. The highest BCUT2D eigenvalue weighted by Gasteiger charge is 2.34. The van der Waals surface area contributed by atoms with Gasteiger partial charge in [-0.3, -0.25) is 19.8 Å². The maximum atomic E-state index is 12.7. The van der Waals surface area contributed by atoms with E-state index in [0.29, 0.717) is 16.8 Å². The number of nitro groups is 1. The van der Waals surface area contributed by atoms with Gasteiger partial charge in [-0.2, -0.15) is 5.26 Å². The Hall–Kier alpha value is -3.02. The molecule has 6 nitrogen and oxygen atoms in total. The second kappa shape index (κ2) is 6.84. The fraction of sp³-hybridized carbons (Fsp3) is 0. The van der Waals surface area contributed by atoms with Gasteiger partial charge in [0.2, 0.25) is 0 Å². The van der Waals surface area contributed by atoms with Crippen molar-refractivity contribution in [3.8, 4) is 6.07 Å². The summed E-state index contributed by atoms with van der Waals surface area (Å²) >= 11 is 6.32. The number of carbonyl (C=O) groups excluding carboxylic acids is 1. The van der Waals surface area contributed by atoms with Gasteiger partial charge in [0.25, 0.3) is 11.6 Å². The fourth-order valence-electron chi connectivity index (χ4n) is 2.36. The number of amides is 1. The molecule has 8 heteroatoms. The van der Waals surface area contributed by atoms with Crippen molar-refractivity contribution in [3.63, 3.8) is 0 Å². The lowest BCUT2D eigenvalue weighted by atomic mass is 10.1. The summed E-state index contributed by atoms with van der Waals surface area (Å²) in [5, 5.41) is 20.3. The van der Waals surface area contributed by atoms with Crippen LogP contribution in [-0.4, -0.2) is 15.2 Å². The largest absolute Gasteiger partial charge is 0.276 e. The first kappa shape index (κ1) is 16.8. The Labute approximate surface area is 152 Å². The van der Waals surface area contributed by atoms with Gasteiger partial charge in [-0.05, 0) is 24.3 Å². The molecule has 0 unspecified atom stereocenters. The molecule has 0 bridgehead atoms. The van der Waals surface area contributed by atoms with E-state index < -0.39 is 10.8 Å². The molecule has 0 saturated carbocycles. The molecule has 1 aliphatic heterocycles. The second-order valence-corrected chi connectivity index (χ2v) is 6.64. The zero-order valence-electron chi connectivity index (χ0n) is 12.6. The molecule has 0 radical (unpaired) electrons. The topological polar surface area (TPSA) is 87.2 Å². The van der Waals surface area contributed by atoms with Gasteiger partial charge in [-0.25, -0.2) is 0 Å². The van der Waals surface area contributed by atoms with Crippen LogP contribution in [0, 0.1) is 21.4 Å². The maximum Gasteiger partial charge on any atom is 0.276 e. The van der Waals surface area contributed by atoms with Crippen LogP contribution in [0.2, 0.25) is 0 Å². The normalized spacial score (nSPS) is 15.5. The monoisotopic (exact) mass is 367 g/mol. The van der Waals surface area contributed by atoms with E-state index in [1.54, 1.807) is 42.5 Å². The lowest BCUT2D eigenvalue weighted by Crippen LogP contribution is -2.28. The van der Waals surface area contributed by atoms with Gasteiger partial charge < -0.3 is 0 Å². The van der Waals surface area contributed by atoms with E-state index in [-0.39, 0.29) is 14.9 Å². The summed E-state index contributed by atoms with van der Waals surface area (Å²) in [5.41, 5.74) is 0.955. The second-order valence-electron chi connectivity index (χ2n) is 4.96. The lowest BCUT2D eigenvalue weighted by Gasteiger charge is -2.15. The number of hydrogen-bond donors (Lipinski definition) is 0. The molecular weight excluding hydrogens is 358 g/mol. The molecular formula is C17H9N3O3S2. The van der Waals surface area contributed by atoms with E-state index in [4.69, 9.17) is 12.2 Å². The molecule has 25 heavy (non-hydrogen) atoms. The smallest absolute Gasteiger partial charge is 0.268 e. The van der Waals surface area contributed by atoms with Crippen LogP contribution >= 0.6 is 24.0 Å². The Morgan fingerprint density at radius 3 is 2.60 bits per heavy atom. The van der Waals surface area contributed by atoms with Gasteiger partial charge in [-0.1, -0.05) is 48.2 Å². The van der Waals surface area contributed by atoms with Gasteiger partial charge >= 0.3 is 0 Å². The number of hydrogen-bond acceptors (Lipinski definition) is 6. The van der Waals surface area contributed by atoms with Crippen molar-refractivity contribution in [3.05, 3.63) is 74.7 Å². The average Bonchev–Trinajstić information content (AvgIpc) is 2.88. The Bertz CT molecular complexity index is 979. The first-order chi connectivity index (χ1) is 12.0. The highest BCUT2D eigenvalue weighted by molar-refractivity contribution is 8.27. The van der Waals surface area contributed by atoms with E-state index in [1.807, 2.05) is 6.07 Å². The van der Waals surface area contributed by atoms with E-state index >= 15 is 0 Å². The van der Waals surface area contributed by atoms with Gasteiger partial charge in [0.05, 0.1) is 26.6 Å². The molecule has 2 aromatic rings. The molecule has 0 atom stereocenters. The Kier molecular flexibility index (Phi) is 4.61. The summed E-state index contributed by atoms with van der Waals surface area (Å²) in [6.45, 7) is 0. The Morgan fingerprint density at radius 1 is 1.20 bits per heavy atom. The number of anilines is 1. The summed E-state index contributed by atoms with van der Waals surface area (Å²) in [6, 6.07) is 14.8. The van der Waals surface area contributed by atoms with Crippen molar-refractivity contribution in [2.45, 2.75) is 0 Å². The van der Waals surface area contributed by atoms with Crippen molar-refractivity contribution in [1.82, 2.24) is 0 Å².